The molecule has 5 nitrogen and oxygen atoms in total. The van der Waals surface area contributed by atoms with Crippen LogP contribution >= 0.6 is 11.8 Å². The van der Waals surface area contributed by atoms with Crippen LogP contribution in [0.4, 0.5) is 0 Å². The minimum atomic E-state index is -0.465. The highest BCUT2D eigenvalue weighted by Crippen LogP contribution is 2.40. The Kier molecular flexibility index (Phi) is 9.16. The lowest BCUT2D eigenvalue weighted by molar-refractivity contribution is -0.155. The summed E-state index contributed by atoms with van der Waals surface area (Å²) in [7, 11) is 0. The fraction of sp³-hybridized carbons (Fsp3) is 0.321. The second-order valence-electron chi connectivity index (χ2n) is 8.18. The van der Waals surface area contributed by atoms with Crippen LogP contribution in [0, 0.1) is 0 Å². The van der Waals surface area contributed by atoms with Gasteiger partial charge in [0.15, 0.2) is 5.44 Å². The number of thioether (sulfide) groups is 1. The van der Waals surface area contributed by atoms with E-state index in [0.29, 0.717) is 26.4 Å². The van der Waals surface area contributed by atoms with Gasteiger partial charge in [0.05, 0.1) is 31.7 Å². The fourth-order valence-corrected chi connectivity index (χ4v) is 5.35. The zero-order valence-corrected chi connectivity index (χ0v) is 20.1. The van der Waals surface area contributed by atoms with E-state index in [4.69, 9.17) is 18.9 Å². The van der Waals surface area contributed by atoms with E-state index >= 15 is 0 Å². The molecule has 178 valence electrons. The van der Waals surface area contributed by atoms with Crippen molar-refractivity contribution in [3.63, 3.8) is 0 Å². The maximum atomic E-state index is 11.8. The summed E-state index contributed by atoms with van der Waals surface area (Å²) >= 11 is 1.54. The van der Waals surface area contributed by atoms with Crippen molar-refractivity contribution in [3.05, 3.63) is 108 Å². The van der Waals surface area contributed by atoms with Crippen molar-refractivity contribution in [1.82, 2.24) is 0 Å². The molecule has 1 unspecified atom stereocenters. The molecule has 0 bridgehead atoms. The summed E-state index contributed by atoms with van der Waals surface area (Å²) in [5.74, 6) is -0.335. The van der Waals surface area contributed by atoms with E-state index in [0.717, 1.165) is 16.7 Å². The van der Waals surface area contributed by atoms with Crippen molar-refractivity contribution in [2.45, 2.75) is 49.6 Å². The molecule has 34 heavy (non-hydrogen) atoms. The number of hydrogen-bond acceptors (Lipinski definition) is 6. The third kappa shape index (κ3) is 7.18. The number of benzene rings is 3. The highest BCUT2D eigenvalue weighted by Gasteiger charge is 2.48. The van der Waals surface area contributed by atoms with Crippen LogP contribution in [0.15, 0.2) is 91.0 Å². The fourth-order valence-electron chi connectivity index (χ4n) is 3.86. The molecular weight excluding hydrogens is 448 g/mol. The second-order valence-corrected chi connectivity index (χ2v) is 9.52. The van der Waals surface area contributed by atoms with E-state index < -0.39 is 11.5 Å². The lowest BCUT2D eigenvalue weighted by atomic mass is 10.1. The Morgan fingerprint density at radius 3 is 1.68 bits per heavy atom. The number of hydrogen-bond donors (Lipinski definition) is 0. The van der Waals surface area contributed by atoms with Gasteiger partial charge in [-0.25, -0.2) is 0 Å². The molecule has 0 amide bonds. The van der Waals surface area contributed by atoms with E-state index in [1.165, 1.54) is 6.92 Å². The molecule has 1 aliphatic heterocycles. The first-order chi connectivity index (χ1) is 16.7. The summed E-state index contributed by atoms with van der Waals surface area (Å²) < 4.78 is 24.4. The van der Waals surface area contributed by atoms with Crippen LogP contribution in [0.3, 0.4) is 0 Å². The van der Waals surface area contributed by atoms with Crippen molar-refractivity contribution in [3.8, 4) is 0 Å². The Hall–Kier alpha value is -2.64. The van der Waals surface area contributed by atoms with Gasteiger partial charge in [-0.15, -0.1) is 11.8 Å². The minimum absolute atomic E-state index is 0.0439. The van der Waals surface area contributed by atoms with Gasteiger partial charge in [0.2, 0.25) is 0 Å². The zero-order chi connectivity index (χ0) is 23.6. The molecule has 4 atom stereocenters. The third-order valence-electron chi connectivity index (χ3n) is 5.51. The summed E-state index contributed by atoms with van der Waals surface area (Å²) in [5.41, 5.74) is 2.78. The first-order valence-electron chi connectivity index (χ1n) is 11.4. The summed E-state index contributed by atoms with van der Waals surface area (Å²) in [5, 5.41) is -0.0439. The topological polar surface area (TPSA) is 54.0 Å². The molecule has 1 heterocycles. The van der Waals surface area contributed by atoms with Gasteiger partial charge in [-0.05, 0) is 16.7 Å². The molecule has 0 aliphatic carbocycles. The Labute approximate surface area is 205 Å². The molecule has 1 fully saturated rings. The molecule has 0 radical (unpaired) electrons. The SMILES string of the molecule is CC(=O)OC1S[C@@H](COCc2ccccc2)[C@H](OCc2ccccc2)[C@H]1OCc1ccccc1. The van der Waals surface area contributed by atoms with Crippen LogP contribution in [-0.2, 0) is 43.6 Å². The van der Waals surface area contributed by atoms with Crippen LogP contribution in [0.2, 0.25) is 0 Å². The van der Waals surface area contributed by atoms with Gasteiger partial charge < -0.3 is 18.9 Å². The maximum Gasteiger partial charge on any atom is 0.303 e. The molecule has 0 aromatic heterocycles. The van der Waals surface area contributed by atoms with Crippen LogP contribution < -0.4 is 0 Å². The molecule has 1 saturated heterocycles. The highest BCUT2D eigenvalue weighted by atomic mass is 32.2. The third-order valence-corrected chi connectivity index (χ3v) is 6.90. The Balaban J connectivity index is 1.47. The molecule has 6 heteroatoms. The molecule has 3 aromatic rings. The molecule has 3 aromatic carbocycles. The summed E-state index contributed by atoms with van der Waals surface area (Å²) in [6.45, 7) is 3.25. The van der Waals surface area contributed by atoms with Crippen LogP contribution in [0.5, 0.6) is 0 Å². The molecule has 0 spiro atoms. The van der Waals surface area contributed by atoms with E-state index in [1.807, 2.05) is 91.0 Å². The van der Waals surface area contributed by atoms with Gasteiger partial charge in [-0.3, -0.25) is 4.79 Å². The molecule has 4 rings (SSSR count). The maximum absolute atomic E-state index is 11.8. The van der Waals surface area contributed by atoms with E-state index in [1.54, 1.807) is 11.8 Å². The number of ether oxygens (including phenoxy) is 4. The van der Waals surface area contributed by atoms with E-state index in [9.17, 15) is 4.79 Å². The Morgan fingerprint density at radius 2 is 1.18 bits per heavy atom. The first-order valence-corrected chi connectivity index (χ1v) is 12.4. The molecule has 1 aliphatic rings. The quantitative estimate of drug-likeness (QED) is 0.345. The van der Waals surface area contributed by atoms with Crippen molar-refractivity contribution in [2.24, 2.45) is 0 Å². The summed E-state index contributed by atoms with van der Waals surface area (Å²) in [6, 6.07) is 30.1. The minimum Gasteiger partial charge on any atom is -0.449 e. The van der Waals surface area contributed by atoms with Gasteiger partial charge in [0, 0.05) is 6.92 Å². The molecule has 0 saturated carbocycles. The predicted octanol–water partition coefficient (Wildman–Crippen LogP) is 5.38. The van der Waals surface area contributed by atoms with Crippen molar-refractivity contribution < 1.29 is 23.7 Å². The predicted molar refractivity (Wildman–Crippen MR) is 133 cm³/mol. The number of esters is 1. The largest absolute Gasteiger partial charge is 0.449 e. The van der Waals surface area contributed by atoms with Crippen LogP contribution in [0.1, 0.15) is 23.6 Å². The number of carbonyl (C=O) groups is 1. The Morgan fingerprint density at radius 1 is 0.706 bits per heavy atom. The lowest BCUT2D eigenvalue weighted by Gasteiger charge is -2.26. The smallest absolute Gasteiger partial charge is 0.303 e. The molecule has 0 N–H and O–H groups in total. The van der Waals surface area contributed by atoms with Crippen LogP contribution in [-0.4, -0.2) is 35.5 Å². The van der Waals surface area contributed by atoms with Crippen molar-refractivity contribution in [2.75, 3.05) is 6.61 Å². The van der Waals surface area contributed by atoms with E-state index in [2.05, 4.69) is 0 Å². The van der Waals surface area contributed by atoms with Gasteiger partial charge in [0.1, 0.15) is 12.2 Å². The lowest BCUT2D eigenvalue weighted by Crippen LogP contribution is -2.40. The van der Waals surface area contributed by atoms with Gasteiger partial charge in [-0.2, -0.15) is 0 Å². The first kappa shape index (κ1) is 24.5. The monoisotopic (exact) mass is 478 g/mol. The molecular formula is C28H30O5S. The number of rotatable bonds is 11. The standard InChI is InChI=1S/C28H30O5S/c1-21(29)33-28-27(32-19-24-15-9-4-10-16-24)26(31-18-23-13-7-3-8-14-23)25(34-28)20-30-17-22-11-5-2-6-12-22/h2-16,25-28H,17-20H2,1H3/t25-,26-,27+,28?/m0/s1. The van der Waals surface area contributed by atoms with Crippen molar-refractivity contribution >= 4 is 17.7 Å². The Bertz CT molecular complexity index is 999. The summed E-state index contributed by atoms with van der Waals surface area (Å²) in [6.07, 6.45) is -0.711. The van der Waals surface area contributed by atoms with Gasteiger partial charge in [-0.1, -0.05) is 91.0 Å². The van der Waals surface area contributed by atoms with Crippen LogP contribution in [0.25, 0.3) is 0 Å². The highest BCUT2D eigenvalue weighted by molar-refractivity contribution is 8.00. The van der Waals surface area contributed by atoms with Gasteiger partial charge >= 0.3 is 5.97 Å². The average molecular weight is 479 g/mol. The second kappa shape index (κ2) is 12.7. The average Bonchev–Trinajstić information content (AvgIpc) is 3.18. The summed E-state index contributed by atoms with van der Waals surface area (Å²) in [4.78, 5) is 11.8. The van der Waals surface area contributed by atoms with Gasteiger partial charge in [0.25, 0.3) is 0 Å². The van der Waals surface area contributed by atoms with Crippen molar-refractivity contribution in [1.29, 1.82) is 0 Å². The number of carbonyl (C=O) groups excluding carboxylic acids is 1. The normalized spacial score (nSPS) is 21.9. The zero-order valence-electron chi connectivity index (χ0n) is 19.2. The van der Waals surface area contributed by atoms with E-state index in [-0.39, 0.29) is 17.3 Å².